The zero-order valence-electron chi connectivity index (χ0n) is 18.6. The van der Waals surface area contributed by atoms with Crippen LogP contribution in [0.5, 0.6) is 0 Å². The van der Waals surface area contributed by atoms with Gasteiger partial charge in [0.2, 0.25) is 0 Å². The summed E-state index contributed by atoms with van der Waals surface area (Å²) in [7, 11) is 0. The van der Waals surface area contributed by atoms with Gasteiger partial charge >= 0.3 is 5.97 Å². The minimum atomic E-state index is -1.16. The summed E-state index contributed by atoms with van der Waals surface area (Å²) in [4.78, 5) is 24.6. The van der Waals surface area contributed by atoms with Crippen molar-refractivity contribution in [1.82, 2.24) is 0 Å². The van der Waals surface area contributed by atoms with Crippen molar-refractivity contribution in [2.75, 3.05) is 5.32 Å². The highest BCUT2D eigenvalue weighted by molar-refractivity contribution is 5.94. The number of nitrogens with one attached hydrogen (secondary N) is 1. The summed E-state index contributed by atoms with van der Waals surface area (Å²) in [5, 5.41) is 13.3. The predicted molar refractivity (Wildman–Crippen MR) is 123 cm³/mol. The van der Waals surface area contributed by atoms with E-state index in [0.29, 0.717) is 48.1 Å². The van der Waals surface area contributed by atoms with Gasteiger partial charge in [0.1, 0.15) is 17.0 Å². The molecule has 1 heterocycles. The largest absolute Gasteiger partial charge is 0.478 e. The SMILES string of the molecule is Cc1cc([C@@H](C)Nc2ccccc2C(=O)O)c2oc(C3CCC(C)(F)CC3)cc(=O)c2c1. The molecule has 0 bridgehead atoms. The fraction of sp³-hybridized carbons (Fsp3) is 0.385. The van der Waals surface area contributed by atoms with Crippen molar-refractivity contribution in [3.05, 3.63) is 75.1 Å². The van der Waals surface area contributed by atoms with Gasteiger partial charge in [-0.2, -0.15) is 0 Å². The maximum absolute atomic E-state index is 14.3. The molecule has 0 unspecified atom stereocenters. The van der Waals surface area contributed by atoms with Crippen LogP contribution in [0.3, 0.4) is 0 Å². The molecule has 2 aromatic carbocycles. The summed E-state index contributed by atoms with van der Waals surface area (Å²) in [6.07, 6.45) is 2.18. The minimum absolute atomic E-state index is 0.0149. The second kappa shape index (κ2) is 8.41. The molecule has 1 aliphatic carbocycles. The number of aromatic carboxylic acids is 1. The molecule has 0 saturated heterocycles. The molecule has 32 heavy (non-hydrogen) atoms. The van der Waals surface area contributed by atoms with Crippen LogP contribution in [0.15, 0.2) is 51.7 Å². The van der Waals surface area contributed by atoms with Crippen LogP contribution in [0, 0.1) is 6.92 Å². The van der Waals surface area contributed by atoms with Gasteiger partial charge in [0.15, 0.2) is 5.43 Å². The van der Waals surface area contributed by atoms with E-state index >= 15 is 0 Å². The van der Waals surface area contributed by atoms with Crippen LogP contribution in [0.1, 0.15) is 78.7 Å². The Morgan fingerprint density at radius 3 is 2.59 bits per heavy atom. The molecule has 5 nitrogen and oxygen atoms in total. The number of carboxylic acids is 1. The third-order valence-electron chi connectivity index (χ3n) is 6.45. The highest BCUT2D eigenvalue weighted by atomic mass is 19.1. The number of carboxylic acid groups (broad SMARTS) is 1. The van der Waals surface area contributed by atoms with Crippen molar-refractivity contribution < 1.29 is 18.7 Å². The molecule has 0 radical (unpaired) electrons. The first-order valence-corrected chi connectivity index (χ1v) is 11.0. The maximum atomic E-state index is 14.3. The molecule has 168 valence electrons. The van der Waals surface area contributed by atoms with Crippen molar-refractivity contribution in [3.8, 4) is 0 Å². The second-order valence-electron chi connectivity index (χ2n) is 9.15. The van der Waals surface area contributed by atoms with Gasteiger partial charge in [-0.1, -0.05) is 18.2 Å². The molecule has 1 aromatic heterocycles. The fourth-order valence-electron chi connectivity index (χ4n) is 4.59. The fourth-order valence-corrected chi connectivity index (χ4v) is 4.59. The Labute approximate surface area is 186 Å². The van der Waals surface area contributed by atoms with E-state index in [0.717, 1.165) is 11.1 Å². The van der Waals surface area contributed by atoms with E-state index in [1.807, 2.05) is 26.0 Å². The van der Waals surface area contributed by atoms with Gasteiger partial charge in [-0.05, 0) is 70.2 Å². The van der Waals surface area contributed by atoms with E-state index < -0.39 is 11.6 Å². The second-order valence-corrected chi connectivity index (χ2v) is 9.15. The van der Waals surface area contributed by atoms with Gasteiger partial charge in [-0.25, -0.2) is 9.18 Å². The molecule has 6 heteroatoms. The quantitative estimate of drug-likeness (QED) is 0.486. The Hall–Kier alpha value is -3.15. The number of halogens is 1. The Bertz CT molecular complexity index is 1220. The minimum Gasteiger partial charge on any atom is -0.478 e. The summed E-state index contributed by atoms with van der Waals surface area (Å²) < 4.78 is 20.6. The van der Waals surface area contributed by atoms with Gasteiger partial charge in [0.05, 0.1) is 17.0 Å². The van der Waals surface area contributed by atoms with Crippen LogP contribution in [0.4, 0.5) is 10.1 Å². The summed E-state index contributed by atoms with van der Waals surface area (Å²) in [6.45, 7) is 5.45. The first-order valence-electron chi connectivity index (χ1n) is 11.0. The van der Waals surface area contributed by atoms with Gasteiger partial charge in [-0.3, -0.25) is 4.79 Å². The summed E-state index contributed by atoms with van der Waals surface area (Å²) in [5.41, 5.74) is 1.60. The molecule has 4 rings (SSSR count). The molecular weight excluding hydrogens is 409 g/mol. The molecule has 3 aromatic rings. The van der Waals surface area contributed by atoms with Gasteiger partial charge < -0.3 is 14.8 Å². The standard InChI is InChI=1S/C26H28FNO4/c1-15-12-19(16(2)28-21-7-5-4-6-18(21)25(30)31)24-20(13-15)22(29)14-23(32-24)17-8-10-26(3,27)11-9-17/h4-7,12-14,16-17,28H,8-11H2,1-3H3,(H,30,31)/t16-,17?,26?/m1/s1. The summed E-state index contributed by atoms with van der Waals surface area (Å²) in [6, 6.07) is 11.7. The lowest BCUT2D eigenvalue weighted by molar-refractivity contribution is 0.0698. The highest BCUT2D eigenvalue weighted by Crippen LogP contribution is 2.40. The first kappa shape index (κ1) is 22.1. The van der Waals surface area contributed by atoms with E-state index in [2.05, 4.69) is 5.32 Å². The van der Waals surface area contributed by atoms with E-state index in [1.54, 1.807) is 37.3 Å². The summed E-state index contributed by atoms with van der Waals surface area (Å²) >= 11 is 0. The number of para-hydroxylation sites is 1. The Morgan fingerprint density at radius 2 is 1.91 bits per heavy atom. The van der Waals surface area contributed by atoms with Crippen LogP contribution in [0.2, 0.25) is 0 Å². The number of hydrogen-bond acceptors (Lipinski definition) is 4. The van der Waals surface area contributed by atoms with E-state index in [-0.39, 0.29) is 23.0 Å². The zero-order valence-corrected chi connectivity index (χ0v) is 18.6. The molecule has 0 amide bonds. The monoisotopic (exact) mass is 437 g/mol. The molecule has 1 atom stereocenters. The normalized spacial score (nSPS) is 21.9. The number of anilines is 1. The Morgan fingerprint density at radius 1 is 1.22 bits per heavy atom. The van der Waals surface area contributed by atoms with Crippen LogP contribution < -0.4 is 10.7 Å². The van der Waals surface area contributed by atoms with Crippen LogP contribution in [0.25, 0.3) is 11.0 Å². The van der Waals surface area contributed by atoms with Crippen LogP contribution in [-0.4, -0.2) is 16.7 Å². The van der Waals surface area contributed by atoms with Gasteiger partial charge in [0, 0.05) is 23.2 Å². The molecule has 2 N–H and O–H groups in total. The van der Waals surface area contributed by atoms with E-state index in [9.17, 15) is 19.1 Å². The number of rotatable bonds is 5. The number of carbonyl (C=O) groups is 1. The Kier molecular flexibility index (Phi) is 5.80. The van der Waals surface area contributed by atoms with Crippen molar-refractivity contribution in [3.63, 3.8) is 0 Å². The number of fused-ring (bicyclic) bond motifs is 1. The topological polar surface area (TPSA) is 79.5 Å². The molecule has 0 spiro atoms. The van der Waals surface area contributed by atoms with Crippen molar-refractivity contribution in [2.24, 2.45) is 0 Å². The highest BCUT2D eigenvalue weighted by Gasteiger charge is 2.32. The predicted octanol–water partition coefficient (Wildman–Crippen LogP) is 6.36. The number of alkyl halides is 1. The summed E-state index contributed by atoms with van der Waals surface area (Å²) in [5.74, 6) is -0.400. The molecule has 1 saturated carbocycles. The number of aryl methyl sites for hydroxylation is 1. The molecule has 1 fully saturated rings. The van der Waals surface area contributed by atoms with Crippen molar-refractivity contribution in [1.29, 1.82) is 0 Å². The van der Waals surface area contributed by atoms with E-state index in [4.69, 9.17) is 4.42 Å². The van der Waals surface area contributed by atoms with Crippen LogP contribution >= 0.6 is 0 Å². The third-order valence-corrected chi connectivity index (χ3v) is 6.45. The molecule has 0 aliphatic heterocycles. The van der Waals surface area contributed by atoms with Crippen molar-refractivity contribution >= 4 is 22.6 Å². The first-order chi connectivity index (χ1) is 15.1. The van der Waals surface area contributed by atoms with Gasteiger partial charge in [0.25, 0.3) is 0 Å². The van der Waals surface area contributed by atoms with E-state index in [1.165, 1.54) is 0 Å². The average Bonchev–Trinajstić information content (AvgIpc) is 2.74. The molecule has 1 aliphatic rings. The smallest absolute Gasteiger partial charge is 0.337 e. The Balaban J connectivity index is 1.75. The number of benzene rings is 2. The van der Waals surface area contributed by atoms with Gasteiger partial charge in [-0.15, -0.1) is 0 Å². The molecular formula is C26H28FNO4. The number of hydrogen-bond donors (Lipinski definition) is 2. The third kappa shape index (κ3) is 4.40. The van der Waals surface area contributed by atoms with Crippen molar-refractivity contribution in [2.45, 2.75) is 64.1 Å². The lowest BCUT2D eigenvalue weighted by atomic mass is 9.80. The lowest BCUT2D eigenvalue weighted by Crippen LogP contribution is -2.25. The zero-order chi connectivity index (χ0) is 23.0. The maximum Gasteiger partial charge on any atom is 0.337 e. The van der Waals surface area contributed by atoms with Crippen LogP contribution in [-0.2, 0) is 0 Å². The lowest BCUT2D eigenvalue weighted by Gasteiger charge is -2.30. The average molecular weight is 438 g/mol.